The van der Waals surface area contributed by atoms with Crippen LogP contribution in [0.5, 0.6) is 0 Å². The van der Waals surface area contributed by atoms with Crippen LogP contribution in [0.25, 0.3) is 0 Å². The first-order valence-electron chi connectivity index (χ1n) is 2.98. The van der Waals surface area contributed by atoms with E-state index in [9.17, 15) is 9.59 Å². The minimum atomic E-state index is -1.66. The van der Waals surface area contributed by atoms with Crippen LogP contribution < -0.4 is 0 Å². The Kier molecular flexibility index (Phi) is 3.55. The van der Waals surface area contributed by atoms with Crippen molar-refractivity contribution in [3.63, 3.8) is 0 Å². The molecule has 0 spiro atoms. The van der Waals surface area contributed by atoms with E-state index in [-0.39, 0.29) is 5.57 Å². The van der Waals surface area contributed by atoms with Gasteiger partial charge in [-0.3, -0.25) is 4.79 Å². The third kappa shape index (κ3) is 2.87. The molecule has 5 nitrogen and oxygen atoms in total. The smallest absolute Gasteiger partial charge is 0.376 e. The molecule has 5 heteroatoms. The van der Waals surface area contributed by atoms with Gasteiger partial charge in [0.1, 0.15) is 5.76 Å². The molecule has 0 fully saturated rings. The summed E-state index contributed by atoms with van der Waals surface area (Å²) in [6.07, 6.45) is 1.09. The van der Waals surface area contributed by atoms with Crippen LogP contribution >= 0.6 is 0 Å². The highest BCUT2D eigenvalue weighted by molar-refractivity contribution is 6.37. The van der Waals surface area contributed by atoms with Crippen LogP contribution in [-0.4, -0.2) is 27.1 Å². The second-order valence-corrected chi connectivity index (χ2v) is 2.01. The number of carbonyl (C=O) groups is 2. The van der Waals surface area contributed by atoms with Crippen LogP contribution in [0.3, 0.4) is 0 Å². The normalized spacial score (nSPS) is 12.8. The number of aliphatic hydroxyl groups excluding tert-OH is 2. The quantitative estimate of drug-likeness (QED) is 0.250. The first kappa shape index (κ1) is 10.2. The van der Waals surface area contributed by atoms with E-state index in [1.165, 1.54) is 6.92 Å². The first-order chi connectivity index (χ1) is 5.49. The number of ketones is 1. The standard InChI is InChI=1S/C7H8O5/c1-4(3-8)5(9)2-6(10)7(11)12/h2-3,8-9H,1H3,(H,11,12)/b4-3+,5-2-. The first-order valence-corrected chi connectivity index (χ1v) is 2.98. The largest absolute Gasteiger partial charge is 0.515 e. The van der Waals surface area contributed by atoms with Gasteiger partial charge in [-0.15, -0.1) is 0 Å². The SMILES string of the molecule is CC(=C\O)/C(O)=C/C(=O)C(=O)O. The zero-order valence-corrected chi connectivity index (χ0v) is 6.31. The van der Waals surface area contributed by atoms with Crippen molar-refractivity contribution in [2.24, 2.45) is 0 Å². The molecule has 0 aliphatic carbocycles. The maximum Gasteiger partial charge on any atom is 0.376 e. The highest BCUT2D eigenvalue weighted by atomic mass is 16.4. The molecular formula is C7H8O5. The third-order valence-corrected chi connectivity index (χ3v) is 1.08. The van der Waals surface area contributed by atoms with Crippen molar-refractivity contribution in [3.8, 4) is 0 Å². The van der Waals surface area contributed by atoms with Gasteiger partial charge in [0.2, 0.25) is 0 Å². The molecule has 0 saturated heterocycles. The minimum absolute atomic E-state index is 0.0181. The molecule has 0 aromatic heterocycles. The molecule has 0 radical (unpaired) electrons. The monoisotopic (exact) mass is 172 g/mol. The number of allylic oxidation sites excluding steroid dienone is 1. The van der Waals surface area contributed by atoms with Gasteiger partial charge < -0.3 is 15.3 Å². The van der Waals surface area contributed by atoms with Crippen LogP contribution in [0, 0.1) is 0 Å². The number of carboxylic acids is 1. The number of aliphatic carboxylic acids is 1. The lowest BCUT2D eigenvalue weighted by Crippen LogP contribution is -2.09. The van der Waals surface area contributed by atoms with Crippen LogP contribution in [0.4, 0.5) is 0 Å². The van der Waals surface area contributed by atoms with E-state index >= 15 is 0 Å². The maximum atomic E-state index is 10.4. The van der Waals surface area contributed by atoms with Gasteiger partial charge in [-0.25, -0.2) is 4.79 Å². The highest BCUT2D eigenvalue weighted by Crippen LogP contribution is 2.03. The van der Waals surface area contributed by atoms with Crippen LogP contribution in [0.15, 0.2) is 23.7 Å². The third-order valence-electron chi connectivity index (χ3n) is 1.08. The Morgan fingerprint density at radius 1 is 1.25 bits per heavy atom. The van der Waals surface area contributed by atoms with Gasteiger partial charge in [-0.05, 0) is 6.92 Å². The highest BCUT2D eigenvalue weighted by Gasteiger charge is 2.09. The lowest BCUT2D eigenvalue weighted by molar-refractivity contribution is -0.146. The van der Waals surface area contributed by atoms with Crippen molar-refractivity contribution in [2.75, 3.05) is 0 Å². The molecule has 0 aromatic carbocycles. The van der Waals surface area contributed by atoms with Gasteiger partial charge >= 0.3 is 5.97 Å². The minimum Gasteiger partial charge on any atom is -0.515 e. The fourth-order valence-electron chi connectivity index (χ4n) is 0.366. The molecule has 3 N–H and O–H groups in total. The number of hydrogen-bond acceptors (Lipinski definition) is 4. The van der Waals surface area contributed by atoms with Crippen LogP contribution in [0.1, 0.15) is 6.92 Å². The Morgan fingerprint density at radius 2 is 1.75 bits per heavy atom. The summed E-state index contributed by atoms with van der Waals surface area (Å²) in [5.74, 6) is -3.47. The van der Waals surface area contributed by atoms with Crippen LogP contribution in [-0.2, 0) is 9.59 Å². The van der Waals surface area contributed by atoms with E-state index in [1.807, 2.05) is 0 Å². The lowest BCUT2D eigenvalue weighted by atomic mass is 10.2. The van der Waals surface area contributed by atoms with Crippen molar-refractivity contribution in [1.29, 1.82) is 0 Å². The summed E-state index contributed by atoms with van der Waals surface area (Å²) in [4.78, 5) is 20.4. The molecule has 66 valence electrons. The van der Waals surface area contributed by atoms with Gasteiger partial charge in [-0.2, -0.15) is 0 Å². The molecule has 0 unspecified atom stereocenters. The number of aliphatic hydroxyl groups is 2. The van der Waals surface area contributed by atoms with E-state index < -0.39 is 17.5 Å². The molecular weight excluding hydrogens is 164 g/mol. The van der Waals surface area contributed by atoms with Crippen molar-refractivity contribution in [3.05, 3.63) is 23.7 Å². The molecule has 0 aliphatic heterocycles. The second kappa shape index (κ2) is 4.17. The topological polar surface area (TPSA) is 94.8 Å². The molecule has 0 amide bonds. The molecule has 0 bridgehead atoms. The average molecular weight is 172 g/mol. The Morgan fingerprint density at radius 3 is 2.08 bits per heavy atom. The average Bonchev–Trinajstić information content (AvgIpc) is 2.02. The van der Waals surface area contributed by atoms with Gasteiger partial charge in [0.25, 0.3) is 5.78 Å². The maximum absolute atomic E-state index is 10.4. The van der Waals surface area contributed by atoms with Gasteiger partial charge in [-0.1, -0.05) is 0 Å². The summed E-state index contributed by atoms with van der Waals surface area (Å²) in [6.45, 7) is 1.32. The molecule has 12 heavy (non-hydrogen) atoms. The molecule has 0 aliphatic rings. The van der Waals surface area contributed by atoms with Crippen molar-refractivity contribution >= 4 is 11.8 Å². The summed E-state index contributed by atoms with van der Waals surface area (Å²) in [5, 5.41) is 25.3. The van der Waals surface area contributed by atoms with E-state index in [2.05, 4.69) is 0 Å². The number of carboxylic acid groups (broad SMARTS) is 1. The van der Waals surface area contributed by atoms with Crippen molar-refractivity contribution in [2.45, 2.75) is 6.92 Å². The molecule has 0 atom stereocenters. The Hall–Kier alpha value is -1.78. The van der Waals surface area contributed by atoms with Gasteiger partial charge in [0, 0.05) is 11.6 Å². The molecule has 0 saturated carbocycles. The number of rotatable bonds is 3. The molecule has 0 aromatic rings. The summed E-state index contributed by atoms with van der Waals surface area (Å²) in [6, 6.07) is 0. The van der Waals surface area contributed by atoms with E-state index in [4.69, 9.17) is 15.3 Å². The Bertz CT molecular complexity index is 261. The molecule has 0 rings (SSSR count). The fourth-order valence-corrected chi connectivity index (χ4v) is 0.366. The predicted molar refractivity (Wildman–Crippen MR) is 39.7 cm³/mol. The lowest BCUT2D eigenvalue weighted by Gasteiger charge is -1.94. The van der Waals surface area contributed by atoms with Gasteiger partial charge in [0.05, 0.1) is 6.26 Å². The van der Waals surface area contributed by atoms with E-state index in [1.54, 1.807) is 0 Å². The Labute approximate surface area is 68.3 Å². The zero-order valence-electron chi connectivity index (χ0n) is 6.31. The summed E-state index contributed by atoms with van der Waals surface area (Å²) < 4.78 is 0. The van der Waals surface area contributed by atoms with Crippen molar-refractivity contribution < 1.29 is 24.9 Å². The van der Waals surface area contributed by atoms with Gasteiger partial charge in [0.15, 0.2) is 0 Å². The molecule has 0 heterocycles. The zero-order chi connectivity index (χ0) is 9.72. The fraction of sp³-hybridized carbons (Fsp3) is 0.143. The van der Waals surface area contributed by atoms with Crippen LogP contribution in [0.2, 0.25) is 0 Å². The van der Waals surface area contributed by atoms with E-state index in [0.717, 1.165) is 0 Å². The van der Waals surface area contributed by atoms with Crippen molar-refractivity contribution in [1.82, 2.24) is 0 Å². The Balaban J connectivity index is 4.58. The summed E-state index contributed by atoms with van der Waals surface area (Å²) in [5.41, 5.74) is 0.0181. The summed E-state index contributed by atoms with van der Waals surface area (Å²) >= 11 is 0. The van der Waals surface area contributed by atoms with E-state index in [0.29, 0.717) is 12.3 Å². The summed E-state index contributed by atoms with van der Waals surface area (Å²) in [7, 11) is 0. The number of hydrogen-bond donors (Lipinski definition) is 3. The number of carbonyl (C=O) groups excluding carboxylic acids is 1. The second-order valence-electron chi connectivity index (χ2n) is 2.01. The predicted octanol–water partition coefficient (Wildman–Crippen LogP) is 0.544.